The molecule has 0 atom stereocenters. The molecule has 1 heterocycles. The Kier molecular flexibility index (Phi) is 4.00. The van der Waals surface area contributed by atoms with Gasteiger partial charge >= 0.3 is 0 Å². The maximum Gasteiger partial charge on any atom is 0.254 e. The molecular formula is C17H17N3O2S. The van der Waals surface area contributed by atoms with Gasteiger partial charge in [0.05, 0.1) is 5.75 Å². The first-order chi connectivity index (χ1) is 11.0. The Hall–Kier alpha value is -2.47. The first kappa shape index (κ1) is 15.4. The largest absolute Gasteiger partial charge is 0.270 e. The highest BCUT2D eigenvalue weighted by molar-refractivity contribution is 7.90. The third-order valence-electron chi connectivity index (χ3n) is 3.53. The molecule has 0 saturated heterocycles. The van der Waals surface area contributed by atoms with Crippen LogP contribution in [0, 0.1) is 13.8 Å². The van der Waals surface area contributed by atoms with Gasteiger partial charge < -0.3 is 0 Å². The molecule has 0 fully saturated rings. The molecule has 0 amide bonds. The molecule has 0 aliphatic heterocycles. The molecule has 0 saturated carbocycles. The summed E-state index contributed by atoms with van der Waals surface area (Å²) in [5.41, 5.74) is 2.52. The standard InChI is InChI=1S/C17H17N3O2S/c1-13-7-6-10-16(11-13)20-14(2)18-19-17(20)23(21,22)12-15-8-4-3-5-9-15/h3-11H,12H2,1-2H3. The van der Waals surface area contributed by atoms with E-state index in [0.29, 0.717) is 5.82 Å². The van der Waals surface area contributed by atoms with Crippen LogP contribution in [0.15, 0.2) is 59.8 Å². The van der Waals surface area contributed by atoms with E-state index in [-0.39, 0.29) is 10.9 Å². The smallest absolute Gasteiger partial charge is 0.254 e. The average Bonchev–Trinajstić information content (AvgIpc) is 2.90. The first-order valence-electron chi connectivity index (χ1n) is 7.23. The molecule has 0 unspecified atom stereocenters. The van der Waals surface area contributed by atoms with Gasteiger partial charge in [0.2, 0.25) is 9.84 Å². The summed E-state index contributed by atoms with van der Waals surface area (Å²) in [5.74, 6) is 0.444. The van der Waals surface area contributed by atoms with Gasteiger partial charge in [0.1, 0.15) is 5.82 Å². The van der Waals surface area contributed by atoms with Crippen molar-refractivity contribution in [2.24, 2.45) is 0 Å². The van der Waals surface area contributed by atoms with Crippen molar-refractivity contribution in [3.8, 4) is 5.69 Å². The van der Waals surface area contributed by atoms with E-state index in [4.69, 9.17) is 0 Å². The predicted molar refractivity (Wildman–Crippen MR) is 88.2 cm³/mol. The van der Waals surface area contributed by atoms with Gasteiger partial charge in [-0.1, -0.05) is 42.5 Å². The first-order valence-corrected chi connectivity index (χ1v) is 8.88. The Balaban J connectivity index is 2.07. The monoisotopic (exact) mass is 327 g/mol. The maximum atomic E-state index is 12.8. The Morgan fingerprint density at radius 1 is 0.957 bits per heavy atom. The van der Waals surface area contributed by atoms with E-state index < -0.39 is 9.84 Å². The van der Waals surface area contributed by atoms with Gasteiger partial charge in [-0.3, -0.25) is 4.57 Å². The number of benzene rings is 2. The summed E-state index contributed by atoms with van der Waals surface area (Å²) in [4.78, 5) is 0. The van der Waals surface area contributed by atoms with E-state index in [1.165, 1.54) is 0 Å². The van der Waals surface area contributed by atoms with Crippen LogP contribution in [0.1, 0.15) is 17.0 Å². The summed E-state index contributed by atoms with van der Waals surface area (Å²) in [6.45, 7) is 3.71. The minimum atomic E-state index is -3.59. The summed E-state index contributed by atoms with van der Waals surface area (Å²) in [6, 6.07) is 16.7. The molecule has 0 radical (unpaired) electrons. The highest BCUT2D eigenvalue weighted by Crippen LogP contribution is 2.21. The Bertz CT molecular complexity index is 931. The van der Waals surface area contributed by atoms with Crippen molar-refractivity contribution in [3.63, 3.8) is 0 Å². The molecule has 2 aromatic carbocycles. The van der Waals surface area contributed by atoms with E-state index in [1.807, 2.05) is 49.4 Å². The van der Waals surface area contributed by atoms with E-state index in [9.17, 15) is 8.42 Å². The van der Waals surface area contributed by atoms with Crippen molar-refractivity contribution in [2.45, 2.75) is 24.8 Å². The molecule has 5 nitrogen and oxygen atoms in total. The van der Waals surface area contributed by atoms with E-state index in [2.05, 4.69) is 10.2 Å². The van der Waals surface area contributed by atoms with E-state index in [0.717, 1.165) is 16.8 Å². The number of nitrogens with zero attached hydrogens (tertiary/aromatic N) is 3. The highest BCUT2D eigenvalue weighted by atomic mass is 32.2. The zero-order valence-electron chi connectivity index (χ0n) is 13.0. The Morgan fingerprint density at radius 3 is 2.39 bits per heavy atom. The molecule has 3 aromatic rings. The van der Waals surface area contributed by atoms with E-state index >= 15 is 0 Å². The SMILES string of the molecule is Cc1cccc(-n2c(C)nnc2S(=O)(=O)Cc2ccccc2)c1. The van der Waals surface area contributed by atoms with Crippen molar-refractivity contribution >= 4 is 9.84 Å². The van der Waals surface area contributed by atoms with Crippen LogP contribution in [-0.2, 0) is 15.6 Å². The van der Waals surface area contributed by atoms with Crippen LogP contribution in [0.4, 0.5) is 0 Å². The fourth-order valence-corrected chi connectivity index (χ4v) is 3.91. The van der Waals surface area contributed by atoms with Gasteiger partial charge in [0, 0.05) is 5.69 Å². The summed E-state index contributed by atoms with van der Waals surface area (Å²) in [5, 5.41) is 7.86. The van der Waals surface area contributed by atoms with Gasteiger partial charge in [0.15, 0.2) is 0 Å². The summed E-state index contributed by atoms with van der Waals surface area (Å²) >= 11 is 0. The molecule has 1 aromatic heterocycles. The van der Waals surface area contributed by atoms with Crippen LogP contribution in [0.25, 0.3) is 5.69 Å². The van der Waals surface area contributed by atoms with Crippen LogP contribution < -0.4 is 0 Å². The molecule has 6 heteroatoms. The van der Waals surface area contributed by atoms with Crippen LogP contribution in [0.5, 0.6) is 0 Å². The topological polar surface area (TPSA) is 64.8 Å². The third kappa shape index (κ3) is 3.17. The second kappa shape index (κ2) is 5.96. The van der Waals surface area contributed by atoms with Gasteiger partial charge in [0.25, 0.3) is 5.16 Å². The quantitative estimate of drug-likeness (QED) is 0.739. The number of hydrogen-bond donors (Lipinski definition) is 0. The lowest BCUT2D eigenvalue weighted by atomic mass is 10.2. The molecule has 118 valence electrons. The van der Waals surface area contributed by atoms with Gasteiger partial charge in [-0.25, -0.2) is 8.42 Å². The van der Waals surface area contributed by atoms with Crippen molar-refractivity contribution < 1.29 is 8.42 Å². The zero-order valence-corrected chi connectivity index (χ0v) is 13.8. The second-order valence-corrected chi connectivity index (χ2v) is 7.33. The van der Waals surface area contributed by atoms with Crippen molar-refractivity contribution in [2.75, 3.05) is 0 Å². The predicted octanol–water partition coefficient (Wildman–Crippen LogP) is 2.86. The number of aromatic nitrogens is 3. The lowest BCUT2D eigenvalue weighted by Crippen LogP contribution is -2.13. The van der Waals surface area contributed by atoms with Crippen LogP contribution >= 0.6 is 0 Å². The summed E-state index contributed by atoms with van der Waals surface area (Å²) < 4.78 is 27.1. The van der Waals surface area contributed by atoms with E-state index in [1.54, 1.807) is 23.6 Å². The molecule has 0 spiro atoms. The Labute approximate surface area is 135 Å². The minimum absolute atomic E-state index is 0.0237. The summed E-state index contributed by atoms with van der Waals surface area (Å²) in [6.07, 6.45) is 0. The highest BCUT2D eigenvalue weighted by Gasteiger charge is 2.25. The normalized spacial score (nSPS) is 11.6. The zero-order chi connectivity index (χ0) is 16.4. The average molecular weight is 327 g/mol. The number of aryl methyl sites for hydroxylation is 2. The fourth-order valence-electron chi connectivity index (χ4n) is 2.47. The van der Waals surface area contributed by atoms with Gasteiger partial charge in [-0.15, -0.1) is 10.2 Å². The van der Waals surface area contributed by atoms with Crippen LogP contribution in [0.3, 0.4) is 0 Å². The number of rotatable bonds is 4. The van der Waals surface area contributed by atoms with Crippen molar-refractivity contribution in [1.29, 1.82) is 0 Å². The molecule has 0 bridgehead atoms. The van der Waals surface area contributed by atoms with Gasteiger partial charge in [-0.05, 0) is 37.1 Å². The van der Waals surface area contributed by atoms with Crippen LogP contribution in [-0.4, -0.2) is 23.2 Å². The molecule has 23 heavy (non-hydrogen) atoms. The molecule has 0 N–H and O–H groups in total. The lowest BCUT2D eigenvalue weighted by molar-refractivity contribution is 0.582. The van der Waals surface area contributed by atoms with Crippen molar-refractivity contribution in [3.05, 3.63) is 71.5 Å². The molecule has 3 rings (SSSR count). The lowest BCUT2D eigenvalue weighted by Gasteiger charge is -2.10. The summed E-state index contributed by atoms with van der Waals surface area (Å²) in [7, 11) is -3.59. The maximum absolute atomic E-state index is 12.8. The third-order valence-corrected chi connectivity index (χ3v) is 5.07. The molecule has 0 aliphatic rings. The molecule has 0 aliphatic carbocycles. The van der Waals surface area contributed by atoms with Crippen molar-refractivity contribution in [1.82, 2.24) is 14.8 Å². The molecular weight excluding hydrogens is 310 g/mol. The number of sulfone groups is 1. The Morgan fingerprint density at radius 2 is 1.70 bits per heavy atom. The number of hydrogen-bond acceptors (Lipinski definition) is 4. The fraction of sp³-hybridized carbons (Fsp3) is 0.176. The van der Waals surface area contributed by atoms with Gasteiger partial charge in [-0.2, -0.15) is 0 Å². The minimum Gasteiger partial charge on any atom is -0.270 e. The van der Waals surface area contributed by atoms with Crippen LogP contribution in [0.2, 0.25) is 0 Å². The second-order valence-electron chi connectivity index (χ2n) is 5.45.